The smallest absolute Gasteiger partial charge is 0.270 e. The van der Waals surface area contributed by atoms with Crippen molar-refractivity contribution in [3.05, 3.63) is 84.3 Å². The van der Waals surface area contributed by atoms with E-state index in [0.717, 1.165) is 66.9 Å². The van der Waals surface area contributed by atoms with Crippen molar-refractivity contribution in [2.45, 2.75) is 19.8 Å². The molecule has 6 heteroatoms. The monoisotopic (exact) mass is 420 g/mol. The van der Waals surface area contributed by atoms with Crippen molar-refractivity contribution in [3.63, 3.8) is 0 Å². The highest BCUT2D eigenvalue weighted by Gasteiger charge is 2.25. The second kappa shape index (κ2) is 8.46. The van der Waals surface area contributed by atoms with Crippen LogP contribution in [0.5, 0.6) is 0 Å². The Morgan fingerprint density at radius 3 is 2.32 bits per heavy atom. The number of alkyl halides is 2. The lowest BCUT2D eigenvalue weighted by molar-refractivity contribution is 0.0175. The third kappa shape index (κ3) is 4.58. The molecule has 0 spiro atoms. The fraction of sp³-hybridized carbons (Fsp3) is 0.280. The van der Waals surface area contributed by atoms with E-state index < -0.39 is 5.92 Å². The molecular formula is C25H26F2N4. The first-order valence-corrected chi connectivity index (χ1v) is 10.4. The zero-order valence-corrected chi connectivity index (χ0v) is 17.9. The Balaban J connectivity index is 1.49. The molecule has 0 saturated carbocycles. The number of halogens is 2. The molecule has 2 heterocycles. The van der Waals surface area contributed by atoms with Gasteiger partial charge in [-0.05, 0) is 25.1 Å². The number of hydrogen-bond donors (Lipinski definition) is 0. The van der Waals surface area contributed by atoms with Gasteiger partial charge in [0.05, 0.1) is 11.9 Å². The van der Waals surface area contributed by atoms with E-state index in [4.69, 9.17) is 0 Å². The molecule has 1 saturated heterocycles. The third-order valence-electron chi connectivity index (χ3n) is 5.73. The molecule has 2 aromatic carbocycles. The number of aryl methyl sites for hydroxylation is 1. The third-order valence-corrected chi connectivity index (χ3v) is 5.73. The maximum atomic E-state index is 13.5. The topological polar surface area (TPSA) is 32.3 Å². The number of rotatable bonds is 5. The summed E-state index contributed by atoms with van der Waals surface area (Å²) in [5.41, 5.74) is 6.03. The van der Waals surface area contributed by atoms with E-state index in [2.05, 4.69) is 51.5 Å². The van der Waals surface area contributed by atoms with Crippen LogP contribution in [-0.2, 0) is 5.92 Å². The van der Waals surface area contributed by atoms with Crippen molar-refractivity contribution in [3.8, 4) is 11.3 Å². The van der Waals surface area contributed by atoms with Gasteiger partial charge in [-0.2, -0.15) is 0 Å². The molecule has 0 radical (unpaired) electrons. The average Bonchev–Trinajstić information content (AvgIpc) is 2.79. The molecule has 0 amide bonds. The number of hydrogen-bond acceptors (Lipinski definition) is 4. The van der Waals surface area contributed by atoms with Crippen LogP contribution < -0.4 is 4.90 Å². The number of piperazine rings is 1. The van der Waals surface area contributed by atoms with Crippen LogP contribution in [0.25, 0.3) is 17.0 Å². The van der Waals surface area contributed by atoms with Crippen LogP contribution in [0.3, 0.4) is 0 Å². The van der Waals surface area contributed by atoms with Gasteiger partial charge in [0.25, 0.3) is 5.92 Å². The summed E-state index contributed by atoms with van der Waals surface area (Å²) in [4.78, 5) is 13.2. The second-order valence-electron chi connectivity index (χ2n) is 8.00. The first kappa shape index (κ1) is 21.0. The summed E-state index contributed by atoms with van der Waals surface area (Å²) in [6, 6.07) is 12.9. The fourth-order valence-electron chi connectivity index (χ4n) is 3.93. The van der Waals surface area contributed by atoms with Gasteiger partial charge in [0.1, 0.15) is 0 Å². The maximum absolute atomic E-state index is 13.5. The van der Waals surface area contributed by atoms with Gasteiger partial charge >= 0.3 is 0 Å². The Bertz CT molecular complexity index is 1050. The first-order chi connectivity index (χ1) is 14.8. The highest BCUT2D eigenvalue weighted by atomic mass is 19.3. The highest BCUT2D eigenvalue weighted by molar-refractivity contribution is 5.78. The molecule has 160 valence electrons. The molecule has 0 aliphatic carbocycles. The zero-order chi connectivity index (χ0) is 22.0. The van der Waals surface area contributed by atoms with Crippen molar-refractivity contribution in [1.82, 2.24) is 14.9 Å². The largest absolute Gasteiger partial charge is 0.368 e. The van der Waals surface area contributed by atoms with Gasteiger partial charge in [0.15, 0.2) is 0 Å². The SMILES string of the molecule is C=C(c1cc(C)ccc1-c1cnccn1)N1CCN(c2ccc(C(C)(F)F)cc2)CC1. The minimum absolute atomic E-state index is 0.0410. The summed E-state index contributed by atoms with van der Waals surface area (Å²) in [5, 5.41) is 0. The lowest BCUT2D eigenvalue weighted by Gasteiger charge is -2.38. The van der Waals surface area contributed by atoms with E-state index in [1.807, 2.05) is 0 Å². The Kier molecular flexibility index (Phi) is 5.72. The number of nitrogens with zero attached hydrogens (tertiary/aromatic N) is 4. The van der Waals surface area contributed by atoms with Gasteiger partial charge in [-0.25, -0.2) is 8.78 Å². The van der Waals surface area contributed by atoms with Crippen LogP contribution in [0.15, 0.2) is 67.6 Å². The summed E-state index contributed by atoms with van der Waals surface area (Å²) in [6.45, 7) is 10.6. The maximum Gasteiger partial charge on any atom is 0.270 e. The van der Waals surface area contributed by atoms with Gasteiger partial charge in [-0.3, -0.25) is 9.97 Å². The summed E-state index contributed by atoms with van der Waals surface area (Å²) < 4.78 is 27.0. The first-order valence-electron chi connectivity index (χ1n) is 10.4. The van der Waals surface area contributed by atoms with E-state index in [9.17, 15) is 8.78 Å². The van der Waals surface area contributed by atoms with E-state index in [1.54, 1.807) is 30.7 Å². The lowest BCUT2D eigenvalue weighted by Crippen LogP contribution is -2.45. The van der Waals surface area contributed by atoms with Crippen LogP contribution in [-0.4, -0.2) is 41.0 Å². The quantitative estimate of drug-likeness (QED) is 0.557. The Morgan fingerprint density at radius 1 is 1.00 bits per heavy atom. The van der Waals surface area contributed by atoms with Crippen LogP contribution in [0.1, 0.15) is 23.6 Å². The highest BCUT2D eigenvalue weighted by Crippen LogP contribution is 2.32. The zero-order valence-electron chi connectivity index (χ0n) is 17.9. The van der Waals surface area contributed by atoms with E-state index >= 15 is 0 Å². The van der Waals surface area contributed by atoms with Crippen LogP contribution >= 0.6 is 0 Å². The molecule has 0 atom stereocenters. The molecule has 1 aromatic heterocycles. The van der Waals surface area contributed by atoms with Crippen molar-refractivity contribution in [2.75, 3.05) is 31.1 Å². The lowest BCUT2D eigenvalue weighted by atomic mass is 9.99. The van der Waals surface area contributed by atoms with Crippen molar-refractivity contribution < 1.29 is 8.78 Å². The molecule has 0 N–H and O–H groups in total. The second-order valence-corrected chi connectivity index (χ2v) is 8.00. The normalized spacial score (nSPS) is 14.6. The summed E-state index contributed by atoms with van der Waals surface area (Å²) in [6.07, 6.45) is 5.13. The molecule has 1 aliphatic heterocycles. The van der Waals surface area contributed by atoms with Gasteiger partial charge in [0, 0.05) is 73.6 Å². The minimum atomic E-state index is -2.82. The van der Waals surface area contributed by atoms with Gasteiger partial charge in [-0.1, -0.05) is 36.4 Å². The fourth-order valence-corrected chi connectivity index (χ4v) is 3.93. The summed E-state index contributed by atoms with van der Waals surface area (Å²) in [5.74, 6) is -2.82. The number of benzene rings is 2. The number of aromatic nitrogens is 2. The predicted molar refractivity (Wildman–Crippen MR) is 121 cm³/mol. The number of anilines is 1. The molecule has 4 nitrogen and oxygen atoms in total. The Labute approximate surface area is 181 Å². The van der Waals surface area contributed by atoms with Gasteiger partial charge < -0.3 is 9.80 Å². The van der Waals surface area contributed by atoms with E-state index in [-0.39, 0.29) is 5.56 Å². The summed E-state index contributed by atoms with van der Waals surface area (Å²) in [7, 11) is 0. The Morgan fingerprint density at radius 2 is 1.71 bits per heavy atom. The van der Waals surface area contributed by atoms with Crippen LogP contribution in [0, 0.1) is 6.92 Å². The van der Waals surface area contributed by atoms with Crippen molar-refractivity contribution >= 4 is 11.4 Å². The molecular weight excluding hydrogens is 394 g/mol. The van der Waals surface area contributed by atoms with Gasteiger partial charge in [-0.15, -0.1) is 0 Å². The van der Waals surface area contributed by atoms with Crippen molar-refractivity contribution in [2.24, 2.45) is 0 Å². The van der Waals surface area contributed by atoms with E-state index in [1.165, 1.54) is 12.1 Å². The summed E-state index contributed by atoms with van der Waals surface area (Å²) >= 11 is 0. The molecule has 31 heavy (non-hydrogen) atoms. The molecule has 4 rings (SSSR count). The molecule has 0 bridgehead atoms. The minimum Gasteiger partial charge on any atom is -0.368 e. The van der Waals surface area contributed by atoms with E-state index in [0.29, 0.717) is 0 Å². The van der Waals surface area contributed by atoms with Crippen LogP contribution in [0.4, 0.5) is 14.5 Å². The van der Waals surface area contributed by atoms with Gasteiger partial charge in [0.2, 0.25) is 0 Å². The standard InChI is InChI=1S/C25H26F2N4/c1-18-4-9-22(24-17-28-10-11-29-24)23(16-18)19(2)30-12-14-31(15-13-30)21-7-5-20(6-8-21)25(3,26)27/h4-11,16-17H,2,12-15H2,1,3H3. The Hall–Kier alpha value is -3.28. The predicted octanol–water partition coefficient (Wildman–Crippen LogP) is 5.36. The van der Waals surface area contributed by atoms with Crippen LogP contribution in [0.2, 0.25) is 0 Å². The molecule has 1 fully saturated rings. The van der Waals surface area contributed by atoms with Crippen molar-refractivity contribution in [1.29, 1.82) is 0 Å². The molecule has 1 aliphatic rings. The average molecular weight is 421 g/mol. The molecule has 0 unspecified atom stereocenters. The molecule has 3 aromatic rings.